The van der Waals surface area contributed by atoms with E-state index in [9.17, 15) is 0 Å². The van der Waals surface area contributed by atoms with Gasteiger partial charge in [-0.15, -0.1) is 0 Å². The van der Waals surface area contributed by atoms with Gasteiger partial charge in [-0.25, -0.2) is 0 Å². The molecule has 0 radical (unpaired) electrons. The van der Waals surface area contributed by atoms with E-state index in [1.54, 1.807) is 7.11 Å². The number of hydrogen-bond acceptors (Lipinski definition) is 5. The summed E-state index contributed by atoms with van der Waals surface area (Å²) in [6, 6.07) is 10.1. The van der Waals surface area contributed by atoms with Gasteiger partial charge < -0.3 is 23.7 Å². The van der Waals surface area contributed by atoms with Crippen molar-refractivity contribution in [2.45, 2.75) is 49.7 Å². The predicted octanol–water partition coefficient (Wildman–Crippen LogP) is 2.66. The van der Waals surface area contributed by atoms with Crippen LogP contribution in [0.4, 0.5) is 0 Å². The van der Waals surface area contributed by atoms with Gasteiger partial charge in [0.25, 0.3) is 0 Å². The second-order valence-electron chi connectivity index (χ2n) is 7.39. The quantitative estimate of drug-likeness (QED) is 0.833. The molecule has 7 atom stereocenters. The van der Waals surface area contributed by atoms with E-state index >= 15 is 0 Å². The molecule has 1 unspecified atom stereocenters. The molecule has 24 heavy (non-hydrogen) atoms. The van der Waals surface area contributed by atoms with Crippen molar-refractivity contribution in [2.75, 3.05) is 20.3 Å². The summed E-state index contributed by atoms with van der Waals surface area (Å²) < 4.78 is 30.4. The van der Waals surface area contributed by atoms with Crippen LogP contribution in [0.25, 0.3) is 0 Å². The maximum Gasteiger partial charge on any atom is 0.184 e. The van der Waals surface area contributed by atoms with Crippen molar-refractivity contribution in [1.82, 2.24) is 0 Å². The highest BCUT2D eigenvalue weighted by molar-refractivity contribution is 5.18. The molecule has 1 aromatic rings. The lowest BCUT2D eigenvalue weighted by Gasteiger charge is -2.54. The molecule has 5 nitrogen and oxygen atoms in total. The molecule has 5 heteroatoms. The number of ether oxygens (including phenoxy) is 5. The highest BCUT2D eigenvalue weighted by Crippen LogP contribution is 2.57. The first kappa shape index (κ1) is 15.3. The molecule has 3 aliphatic heterocycles. The number of fused-ring (bicyclic) bond motifs is 4. The Balaban J connectivity index is 1.45. The van der Waals surface area contributed by atoms with Gasteiger partial charge >= 0.3 is 0 Å². The van der Waals surface area contributed by atoms with Gasteiger partial charge in [-0.1, -0.05) is 30.3 Å². The van der Waals surface area contributed by atoms with Crippen LogP contribution in [0.3, 0.4) is 0 Å². The van der Waals surface area contributed by atoms with Crippen molar-refractivity contribution in [3.8, 4) is 0 Å². The van der Waals surface area contributed by atoms with Crippen molar-refractivity contribution < 1.29 is 23.7 Å². The Morgan fingerprint density at radius 3 is 2.67 bits per heavy atom. The van der Waals surface area contributed by atoms with E-state index in [2.05, 4.69) is 0 Å². The summed E-state index contributed by atoms with van der Waals surface area (Å²) >= 11 is 0. The Bertz CT molecular complexity index is 593. The molecule has 0 N–H and O–H groups in total. The van der Waals surface area contributed by atoms with Gasteiger partial charge in [-0.3, -0.25) is 0 Å². The van der Waals surface area contributed by atoms with Crippen LogP contribution in [0, 0.1) is 11.8 Å². The summed E-state index contributed by atoms with van der Waals surface area (Å²) in [6.45, 7) is 1.34. The number of rotatable bonds is 2. The van der Waals surface area contributed by atoms with E-state index in [1.165, 1.54) is 12.8 Å². The van der Waals surface area contributed by atoms with Gasteiger partial charge in [-0.2, -0.15) is 0 Å². The van der Waals surface area contributed by atoms with Crippen LogP contribution in [0.2, 0.25) is 0 Å². The molecule has 4 fully saturated rings. The van der Waals surface area contributed by atoms with Gasteiger partial charge in [0.15, 0.2) is 12.6 Å². The predicted molar refractivity (Wildman–Crippen MR) is 85.2 cm³/mol. The van der Waals surface area contributed by atoms with Crippen molar-refractivity contribution in [3.05, 3.63) is 35.9 Å². The highest BCUT2D eigenvalue weighted by Gasteiger charge is 2.64. The first-order valence-corrected chi connectivity index (χ1v) is 8.94. The van der Waals surface area contributed by atoms with Crippen LogP contribution >= 0.6 is 0 Å². The molecule has 1 saturated carbocycles. The zero-order valence-electron chi connectivity index (χ0n) is 13.9. The van der Waals surface area contributed by atoms with Crippen LogP contribution in [0.15, 0.2) is 30.3 Å². The van der Waals surface area contributed by atoms with Crippen LogP contribution < -0.4 is 0 Å². The summed E-state index contributed by atoms with van der Waals surface area (Å²) in [5, 5.41) is 0. The van der Waals surface area contributed by atoms with Crippen LogP contribution in [0.5, 0.6) is 0 Å². The fourth-order valence-corrected chi connectivity index (χ4v) is 4.90. The molecule has 1 spiro atoms. The fourth-order valence-electron chi connectivity index (χ4n) is 4.90. The van der Waals surface area contributed by atoms with E-state index in [4.69, 9.17) is 23.7 Å². The normalized spacial score (nSPS) is 47.0. The summed E-state index contributed by atoms with van der Waals surface area (Å²) in [5.74, 6) is 1.23. The van der Waals surface area contributed by atoms with Gasteiger partial charge in [-0.05, 0) is 24.7 Å². The molecular weight excluding hydrogens is 308 g/mol. The molecule has 1 aromatic carbocycles. The third-order valence-corrected chi connectivity index (χ3v) is 6.26. The van der Waals surface area contributed by atoms with Crippen molar-refractivity contribution in [3.63, 3.8) is 0 Å². The SMILES string of the molecule is CO[C@@H]1C[C@]2(OC[C@@H]3CC[C@@H]32)[C@@H]2OC(c3ccccc3)OC[C@H]2O1. The first-order valence-electron chi connectivity index (χ1n) is 8.94. The van der Waals surface area contributed by atoms with Crippen molar-refractivity contribution in [1.29, 1.82) is 0 Å². The second kappa shape index (κ2) is 5.78. The van der Waals surface area contributed by atoms with Gasteiger partial charge in [0.1, 0.15) is 17.8 Å². The molecule has 0 aromatic heterocycles. The maximum atomic E-state index is 6.43. The van der Waals surface area contributed by atoms with Crippen LogP contribution in [-0.2, 0) is 23.7 Å². The number of benzene rings is 1. The van der Waals surface area contributed by atoms with E-state index in [-0.39, 0.29) is 30.4 Å². The molecule has 1 aliphatic carbocycles. The Kier molecular flexibility index (Phi) is 3.68. The molecule has 3 saturated heterocycles. The third kappa shape index (κ3) is 2.19. The summed E-state index contributed by atoms with van der Waals surface area (Å²) in [4.78, 5) is 0. The number of hydrogen-bond donors (Lipinski definition) is 0. The standard InChI is InChI=1S/C19H24O5/c1-20-16-9-19(14-8-7-13(14)10-22-19)17-15(23-16)11-21-18(24-17)12-5-3-2-4-6-12/h2-6,13-18H,7-11H2,1H3/t13-,14-,15+,16-,17+,18?,19+/m0/s1. The molecule has 130 valence electrons. The molecule has 0 bridgehead atoms. The minimum atomic E-state index is -0.352. The molecule has 0 amide bonds. The Morgan fingerprint density at radius 1 is 1.08 bits per heavy atom. The van der Waals surface area contributed by atoms with E-state index < -0.39 is 0 Å². The highest BCUT2D eigenvalue weighted by atomic mass is 16.7. The largest absolute Gasteiger partial charge is 0.371 e. The van der Waals surface area contributed by atoms with Crippen LogP contribution in [0.1, 0.15) is 31.1 Å². The van der Waals surface area contributed by atoms with Crippen LogP contribution in [-0.4, -0.2) is 44.4 Å². The molecular formula is C19H24O5. The lowest BCUT2D eigenvalue weighted by Crippen LogP contribution is -2.65. The fraction of sp³-hybridized carbons (Fsp3) is 0.684. The molecule has 3 heterocycles. The monoisotopic (exact) mass is 332 g/mol. The summed E-state index contributed by atoms with van der Waals surface area (Å²) in [6.07, 6.45) is 2.39. The summed E-state index contributed by atoms with van der Waals surface area (Å²) in [5.41, 5.74) is 0.756. The second-order valence-corrected chi connectivity index (χ2v) is 7.39. The topological polar surface area (TPSA) is 46.2 Å². The Hall–Kier alpha value is -0.980. The van der Waals surface area contributed by atoms with Gasteiger partial charge in [0.05, 0.1) is 13.2 Å². The Morgan fingerprint density at radius 2 is 1.96 bits per heavy atom. The van der Waals surface area contributed by atoms with E-state index in [1.807, 2.05) is 30.3 Å². The maximum absolute atomic E-state index is 6.43. The van der Waals surface area contributed by atoms with Crippen molar-refractivity contribution in [2.24, 2.45) is 11.8 Å². The molecule has 5 rings (SSSR count). The minimum absolute atomic E-state index is 0.0989. The van der Waals surface area contributed by atoms with Crippen molar-refractivity contribution >= 4 is 0 Å². The summed E-state index contributed by atoms with van der Waals surface area (Å²) in [7, 11) is 1.70. The zero-order chi connectivity index (χ0) is 16.1. The third-order valence-electron chi connectivity index (χ3n) is 6.26. The zero-order valence-corrected chi connectivity index (χ0v) is 13.9. The van der Waals surface area contributed by atoms with E-state index in [0.717, 1.165) is 18.6 Å². The number of methoxy groups -OCH3 is 1. The van der Waals surface area contributed by atoms with Gasteiger partial charge in [0.2, 0.25) is 0 Å². The minimum Gasteiger partial charge on any atom is -0.371 e. The average Bonchev–Trinajstić information content (AvgIpc) is 2.85. The van der Waals surface area contributed by atoms with E-state index in [0.29, 0.717) is 18.4 Å². The molecule has 4 aliphatic rings. The average molecular weight is 332 g/mol. The Labute approximate surface area is 142 Å². The first-order chi connectivity index (χ1) is 11.8. The lowest BCUT2D eigenvalue weighted by atomic mass is 9.63. The van der Waals surface area contributed by atoms with Gasteiger partial charge in [0, 0.05) is 19.1 Å². The smallest absolute Gasteiger partial charge is 0.184 e. The lowest BCUT2D eigenvalue weighted by molar-refractivity contribution is -0.363.